The van der Waals surface area contributed by atoms with Crippen LogP contribution in [0.1, 0.15) is 42.5 Å². The molecule has 3 amide bonds. The lowest BCUT2D eigenvalue weighted by Crippen LogP contribution is -2.71. The van der Waals surface area contributed by atoms with Gasteiger partial charge < -0.3 is 44.5 Å². The maximum atomic E-state index is 13.4. The second-order valence-corrected chi connectivity index (χ2v) is 12.9. The van der Waals surface area contributed by atoms with E-state index in [-0.39, 0.29) is 26.2 Å². The standard InChI is InChI=1S/C37H42N6O10/c1-2-43(37(47)48)29(24-16-10-5-11-17-24)26-19-18-25(41-42-38)34(51-26)52-32-27(39-35(45)50-21-23-14-8-4-9-15-23)31(49-20-22-12-6-3-7-13-22)28-33(30(32)44)53-36(46)40-28/h3-17,25-34,44H,2,18-21H2,1H3,(H,39,45)(H,40,46)(H,47,48)/t25-,26+,27+,28-,29?,30+,31+,32-,33+,34-/m1/s1. The van der Waals surface area contributed by atoms with E-state index in [0.717, 1.165) is 11.1 Å². The van der Waals surface area contributed by atoms with E-state index >= 15 is 0 Å². The molecule has 2 aliphatic heterocycles. The number of amides is 3. The van der Waals surface area contributed by atoms with Gasteiger partial charge in [-0.05, 0) is 42.0 Å². The molecule has 3 aromatic carbocycles. The van der Waals surface area contributed by atoms with E-state index < -0.39 is 79.3 Å². The Hall–Kier alpha value is -5.38. The van der Waals surface area contributed by atoms with Gasteiger partial charge in [0, 0.05) is 11.5 Å². The maximum absolute atomic E-state index is 13.4. The summed E-state index contributed by atoms with van der Waals surface area (Å²) in [5.74, 6) is 0. The van der Waals surface area contributed by atoms with Crippen molar-refractivity contribution in [3.8, 4) is 0 Å². The molecule has 0 aromatic heterocycles. The van der Waals surface area contributed by atoms with Crippen LogP contribution < -0.4 is 10.6 Å². The molecule has 16 heteroatoms. The van der Waals surface area contributed by atoms with E-state index in [0.29, 0.717) is 12.0 Å². The lowest BCUT2D eigenvalue weighted by atomic mass is 9.81. The highest BCUT2D eigenvalue weighted by Crippen LogP contribution is 2.38. The van der Waals surface area contributed by atoms with Gasteiger partial charge in [0.25, 0.3) is 0 Å². The molecule has 0 bridgehead atoms. The molecule has 3 aliphatic rings. The molecule has 4 N–H and O–H groups in total. The molecule has 6 rings (SSSR count). The first kappa shape index (κ1) is 37.4. The topological polar surface area (TPSA) is 214 Å². The quantitative estimate of drug-likeness (QED) is 0.105. The summed E-state index contributed by atoms with van der Waals surface area (Å²) >= 11 is 0. The van der Waals surface area contributed by atoms with Crippen molar-refractivity contribution in [2.24, 2.45) is 5.11 Å². The van der Waals surface area contributed by atoms with E-state index in [9.17, 15) is 30.1 Å². The molecule has 3 fully saturated rings. The zero-order chi connectivity index (χ0) is 37.3. The van der Waals surface area contributed by atoms with Crippen LogP contribution in [-0.2, 0) is 36.9 Å². The summed E-state index contributed by atoms with van der Waals surface area (Å²) in [5.41, 5.74) is 11.7. The number of hydrogen-bond acceptors (Lipinski definition) is 10. The van der Waals surface area contributed by atoms with E-state index in [1.807, 2.05) is 54.6 Å². The van der Waals surface area contributed by atoms with Crippen molar-refractivity contribution in [2.75, 3.05) is 6.54 Å². The average Bonchev–Trinajstić information content (AvgIpc) is 3.57. The minimum absolute atomic E-state index is 0.0559. The molecule has 0 radical (unpaired) electrons. The maximum Gasteiger partial charge on any atom is 0.408 e. The van der Waals surface area contributed by atoms with Crippen molar-refractivity contribution in [1.82, 2.24) is 15.5 Å². The Morgan fingerprint density at radius 1 is 1.00 bits per heavy atom. The Labute approximate surface area is 305 Å². The number of carboxylic acid groups (broad SMARTS) is 1. The Kier molecular flexibility index (Phi) is 12.3. The van der Waals surface area contributed by atoms with Crippen molar-refractivity contribution >= 4 is 18.3 Å². The monoisotopic (exact) mass is 730 g/mol. The third-order valence-corrected chi connectivity index (χ3v) is 9.68. The van der Waals surface area contributed by atoms with Crippen molar-refractivity contribution in [3.63, 3.8) is 0 Å². The molecule has 2 saturated heterocycles. The number of aliphatic hydroxyl groups is 1. The summed E-state index contributed by atoms with van der Waals surface area (Å²) in [6, 6.07) is 23.6. The van der Waals surface area contributed by atoms with Crippen molar-refractivity contribution in [2.45, 2.75) is 94.0 Å². The van der Waals surface area contributed by atoms with E-state index in [1.54, 1.807) is 43.3 Å². The fourth-order valence-corrected chi connectivity index (χ4v) is 7.20. The SMILES string of the molecule is CCN(C(=O)O)C(c1ccccc1)[C@@H]1CC[C@@H](N=[N+]=[N-])[C@@H](O[C@H]2[C@H](O)[C@H]3OC(=O)N[C@@H]3[C@@H](OCc3ccccc3)[C@@H]2NC(=O)OCc2ccccc2)O1. The number of likely N-dealkylation sites (N-methyl/N-ethyl adjacent to an activating group) is 1. The number of aliphatic hydroxyl groups excluding tert-OH is 1. The molecular formula is C37H42N6O10. The first-order valence-electron chi connectivity index (χ1n) is 17.4. The van der Waals surface area contributed by atoms with Crippen molar-refractivity contribution < 1.29 is 48.3 Å². The Morgan fingerprint density at radius 2 is 1.64 bits per heavy atom. The predicted molar refractivity (Wildman–Crippen MR) is 187 cm³/mol. The number of rotatable bonds is 13. The van der Waals surface area contributed by atoms with Crippen LogP contribution in [0.4, 0.5) is 14.4 Å². The fourth-order valence-electron chi connectivity index (χ4n) is 7.20. The highest BCUT2D eigenvalue weighted by molar-refractivity contribution is 5.71. The van der Waals surface area contributed by atoms with Gasteiger partial charge in [-0.3, -0.25) is 4.90 Å². The summed E-state index contributed by atoms with van der Waals surface area (Å²) in [7, 11) is 0. The highest BCUT2D eigenvalue weighted by atomic mass is 16.7. The molecular weight excluding hydrogens is 688 g/mol. The Morgan fingerprint density at radius 3 is 2.26 bits per heavy atom. The predicted octanol–water partition coefficient (Wildman–Crippen LogP) is 5.03. The minimum atomic E-state index is -1.54. The van der Waals surface area contributed by atoms with Gasteiger partial charge in [-0.15, -0.1) is 0 Å². The molecule has 10 atom stereocenters. The minimum Gasteiger partial charge on any atom is -0.465 e. The number of fused-ring (bicyclic) bond motifs is 1. The summed E-state index contributed by atoms with van der Waals surface area (Å²) < 4.78 is 30.5. The zero-order valence-corrected chi connectivity index (χ0v) is 28.9. The van der Waals surface area contributed by atoms with E-state index in [4.69, 9.17) is 23.7 Å². The first-order chi connectivity index (χ1) is 25.8. The molecule has 2 heterocycles. The number of nitrogens with one attached hydrogen (secondary N) is 2. The summed E-state index contributed by atoms with van der Waals surface area (Å²) in [6.45, 7) is 1.88. The summed E-state index contributed by atoms with van der Waals surface area (Å²) in [5, 5.41) is 31.4. The normalized spacial score (nSPS) is 28.3. The second-order valence-electron chi connectivity index (χ2n) is 12.9. The first-order valence-corrected chi connectivity index (χ1v) is 17.4. The number of azide groups is 1. The molecule has 1 aliphatic carbocycles. The molecule has 53 heavy (non-hydrogen) atoms. The summed E-state index contributed by atoms with van der Waals surface area (Å²) in [4.78, 5) is 42.7. The number of hydrogen-bond donors (Lipinski definition) is 4. The van der Waals surface area contributed by atoms with Crippen LogP contribution in [0.15, 0.2) is 96.1 Å². The number of carbonyl (C=O) groups is 3. The Balaban J connectivity index is 1.32. The lowest BCUT2D eigenvalue weighted by Gasteiger charge is -2.48. The zero-order valence-electron chi connectivity index (χ0n) is 28.9. The van der Waals surface area contributed by atoms with Crippen LogP contribution in [0.3, 0.4) is 0 Å². The molecule has 1 unspecified atom stereocenters. The van der Waals surface area contributed by atoms with Crippen molar-refractivity contribution in [1.29, 1.82) is 0 Å². The Bertz CT molecular complexity index is 1730. The van der Waals surface area contributed by atoms with Crippen LogP contribution in [0.2, 0.25) is 0 Å². The third-order valence-electron chi connectivity index (χ3n) is 9.68. The molecule has 3 aromatic rings. The number of nitrogens with zero attached hydrogens (tertiary/aromatic N) is 4. The highest BCUT2D eigenvalue weighted by Gasteiger charge is 2.58. The van der Waals surface area contributed by atoms with Gasteiger partial charge in [0.05, 0.1) is 30.8 Å². The van der Waals surface area contributed by atoms with Gasteiger partial charge in [-0.1, -0.05) is 96.1 Å². The molecule has 16 nitrogen and oxygen atoms in total. The number of benzene rings is 3. The van der Waals surface area contributed by atoms with Gasteiger partial charge in [-0.2, -0.15) is 0 Å². The van der Waals surface area contributed by atoms with Gasteiger partial charge >= 0.3 is 18.3 Å². The van der Waals surface area contributed by atoms with Crippen LogP contribution in [-0.4, -0.2) is 94.9 Å². The van der Waals surface area contributed by atoms with Crippen LogP contribution >= 0.6 is 0 Å². The largest absolute Gasteiger partial charge is 0.465 e. The van der Waals surface area contributed by atoms with Crippen molar-refractivity contribution in [3.05, 3.63) is 118 Å². The van der Waals surface area contributed by atoms with Gasteiger partial charge in [0.1, 0.15) is 31.0 Å². The second kappa shape index (κ2) is 17.4. The van der Waals surface area contributed by atoms with E-state index in [2.05, 4.69) is 20.7 Å². The number of ether oxygens (including phenoxy) is 5. The third kappa shape index (κ3) is 8.81. The van der Waals surface area contributed by atoms with E-state index in [1.165, 1.54) is 4.90 Å². The van der Waals surface area contributed by atoms with Gasteiger partial charge in [0.2, 0.25) is 0 Å². The number of carbonyl (C=O) groups excluding carboxylic acids is 2. The smallest absolute Gasteiger partial charge is 0.408 e. The molecule has 280 valence electrons. The summed E-state index contributed by atoms with van der Waals surface area (Å²) in [6.07, 6.45) is -9.44. The average molecular weight is 731 g/mol. The van der Waals surface area contributed by atoms with Crippen LogP contribution in [0.25, 0.3) is 10.4 Å². The van der Waals surface area contributed by atoms with Gasteiger partial charge in [0.15, 0.2) is 12.4 Å². The lowest BCUT2D eigenvalue weighted by molar-refractivity contribution is -0.269. The molecule has 0 spiro atoms. The fraction of sp³-hybridized carbons (Fsp3) is 0.432. The van der Waals surface area contributed by atoms with Crippen LogP contribution in [0.5, 0.6) is 0 Å². The number of alkyl carbamates (subject to hydrolysis) is 2. The molecule has 1 saturated carbocycles. The van der Waals surface area contributed by atoms with Gasteiger partial charge in [-0.25, -0.2) is 14.4 Å². The van der Waals surface area contributed by atoms with Crippen LogP contribution in [0, 0.1) is 0 Å².